The van der Waals surface area contributed by atoms with Crippen molar-refractivity contribution in [2.75, 3.05) is 17.1 Å². The van der Waals surface area contributed by atoms with Crippen LogP contribution in [0.15, 0.2) is 42.5 Å². The van der Waals surface area contributed by atoms with Gasteiger partial charge in [0.15, 0.2) is 0 Å². The van der Waals surface area contributed by atoms with Gasteiger partial charge in [0, 0.05) is 17.6 Å². The molecule has 0 aliphatic heterocycles. The van der Waals surface area contributed by atoms with Crippen molar-refractivity contribution in [1.29, 1.82) is 0 Å². The molecule has 2 aromatic carbocycles. The minimum absolute atomic E-state index is 0.0234. The van der Waals surface area contributed by atoms with Crippen LogP contribution >= 0.6 is 11.6 Å². The third kappa shape index (κ3) is 7.18. The van der Waals surface area contributed by atoms with Crippen LogP contribution in [0.3, 0.4) is 0 Å². The van der Waals surface area contributed by atoms with Crippen molar-refractivity contribution in [2.24, 2.45) is 0 Å². The number of rotatable bonds is 9. The monoisotopic (exact) mass is 523 g/mol. The normalized spacial score (nSPS) is 15.0. The number of benzene rings is 2. The summed E-state index contributed by atoms with van der Waals surface area (Å²) in [6.45, 7) is 2.85. The van der Waals surface area contributed by atoms with Crippen LogP contribution in [0, 0.1) is 12.7 Å². The van der Waals surface area contributed by atoms with Crippen molar-refractivity contribution in [1.82, 2.24) is 10.2 Å². The topological polar surface area (TPSA) is 86.8 Å². The van der Waals surface area contributed by atoms with E-state index in [1.807, 2.05) is 0 Å². The SMILES string of the molecule is Cc1cc(Cl)ccc1N(CC(=O)N(Cc1ccc(F)cc1)[C@H](C)C(=O)NC1CCCC1)S(C)(=O)=O. The number of hydrogen-bond donors (Lipinski definition) is 1. The molecule has 35 heavy (non-hydrogen) atoms. The highest BCUT2D eigenvalue weighted by Crippen LogP contribution is 2.26. The molecule has 10 heteroatoms. The van der Waals surface area contributed by atoms with Gasteiger partial charge in [0.2, 0.25) is 21.8 Å². The van der Waals surface area contributed by atoms with Crippen molar-refractivity contribution in [3.63, 3.8) is 0 Å². The molecule has 3 rings (SSSR count). The number of hydrogen-bond acceptors (Lipinski definition) is 4. The first-order valence-corrected chi connectivity index (χ1v) is 13.8. The van der Waals surface area contributed by atoms with Crippen LogP contribution in [0.5, 0.6) is 0 Å². The summed E-state index contributed by atoms with van der Waals surface area (Å²) < 4.78 is 39.8. The molecule has 1 aliphatic carbocycles. The summed E-state index contributed by atoms with van der Waals surface area (Å²) in [6, 6.07) is 9.56. The van der Waals surface area contributed by atoms with Gasteiger partial charge in [-0.05, 0) is 68.1 Å². The molecule has 2 amide bonds. The van der Waals surface area contributed by atoms with Gasteiger partial charge in [-0.2, -0.15) is 0 Å². The summed E-state index contributed by atoms with van der Waals surface area (Å²) in [4.78, 5) is 27.9. The molecule has 190 valence electrons. The fourth-order valence-electron chi connectivity index (χ4n) is 4.25. The number of nitrogens with one attached hydrogen (secondary N) is 1. The van der Waals surface area contributed by atoms with E-state index in [-0.39, 0.29) is 18.5 Å². The van der Waals surface area contributed by atoms with E-state index in [4.69, 9.17) is 11.6 Å². The molecule has 1 aliphatic rings. The molecule has 0 bridgehead atoms. The van der Waals surface area contributed by atoms with Crippen LogP contribution in [0.4, 0.5) is 10.1 Å². The van der Waals surface area contributed by atoms with E-state index < -0.39 is 34.3 Å². The zero-order valence-electron chi connectivity index (χ0n) is 20.1. The number of carbonyl (C=O) groups excluding carboxylic acids is 2. The third-order valence-corrected chi connectivity index (χ3v) is 7.60. The van der Waals surface area contributed by atoms with Crippen LogP contribution in [0.2, 0.25) is 5.02 Å². The Morgan fingerprint density at radius 3 is 2.34 bits per heavy atom. The molecule has 1 atom stereocenters. The quantitative estimate of drug-likeness (QED) is 0.537. The van der Waals surface area contributed by atoms with E-state index in [1.165, 1.54) is 29.2 Å². The maximum absolute atomic E-state index is 13.5. The number of carbonyl (C=O) groups is 2. The van der Waals surface area contributed by atoms with Gasteiger partial charge in [-0.15, -0.1) is 0 Å². The van der Waals surface area contributed by atoms with Gasteiger partial charge in [0.25, 0.3) is 0 Å². The first-order valence-electron chi connectivity index (χ1n) is 11.5. The van der Waals surface area contributed by atoms with Crippen LogP contribution in [-0.2, 0) is 26.2 Å². The average molecular weight is 524 g/mol. The second kappa shape index (κ2) is 11.4. The smallest absolute Gasteiger partial charge is 0.244 e. The van der Waals surface area contributed by atoms with Gasteiger partial charge >= 0.3 is 0 Å². The molecular weight excluding hydrogens is 493 g/mol. The van der Waals surface area contributed by atoms with E-state index in [0.717, 1.165) is 36.2 Å². The first kappa shape index (κ1) is 26.9. The van der Waals surface area contributed by atoms with Crippen LogP contribution in [0.1, 0.15) is 43.7 Å². The predicted octanol–water partition coefficient (Wildman–Crippen LogP) is 4.03. The van der Waals surface area contributed by atoms with E-state index in [9.17, 15) is 22.4 Å². The lowest BCUT2D eigenvalue weighted by Crippen LogP contribution is -2.52. The third-order valence-electron chi connectivity index (χ3n) is 6.24. The van der Waals surface area contributed by atoms with E-state index >= 15 is 0 Å². The molecule has 0 spiro atoms. The average Bonchev–Trinajstić information content (AvgIpc) is 3.29. The van der Waals surface area contributed by atoms with Crippen molar-refractivity contribution in [2.45, 2.75) is 58.2 Å². The molecule has 1 N–H and O–H groups in total. The largest absolute Gasteiger partial charge is 0.352 e. The summed E-state index contributed by atoms with van der Waals surface area (Å²) in [5, 5.41) is 3.45. The Labute approximate surface area is 211 Å². The minimum Gasteiger partial charge on any atom is -0.352 e. The highest BCUT2D eigenvalue weighted by Gasteiger charge is 2.31. The molecule has 0 aromatic heterocycles. The molecule has 0 unspecified atom stereocenters. The fourth-order valence-corrected chi connectivity index (χ4v) is 5.39. The summed E-state index contributed by atoms with van der Waals surface area (Å²) in [5.74, 6) is -1.27. The summed E-state index contributed by atoms with van der Waals surface area (Å²) in [6.07, 6.45) is 4.89. The van der Waals surface area contributed by atoms with Gasteiger partial charge in [-0.3, -0.25) is 13.9 Å². The van der Waals surface area contributed by atoms with Gasteiger partial charge in [-0.25, -0.2) is 12.8 Å². The van der Waals surface area contributed by atoms with Crippen molar-refractivity contribution < 1.29 is 22.4 Å². The number of halogens is 2. The van der Waals surface area contributed by atoms with Crippen molar-refractivity contribution >= 4 is 39.1 Å². The molecule has 0 saturated heterocycles. The van der Waals surface area contributed by atoms with Crippen molar-refractivity contribution in [3.8, 4) is 0 Å². The number of nitrogens with zero attached hydrogens (tertiary/aromatic N) is 2. The van der Waals surface area contributed by atoms with Gasteiger partial charge in [0.1, 0.15) is 18.4 Å². The van der Waals surface area contributed by atoms with Crippen molar-refractivity contribution in [3.05, 3.63) is 64.4 Å². The zero-order chi connectivity index (χ0) is 25.8. The number of anilines is 1. The highest BCUT2D eigenvalue weighted by atomic mass is 35.5. The molecule has 0 heterocycles. The number of aryl methyl sites for hydroxylation is 1. The van der Waals surface area contributed by atoms with E-state index in [1.54, 1.807) is 32.0 Å². The summed E-state index contributed by atoms with van der Waals surface area (Å²) >= 11 is 6.03. The number of amides is 2. The number of sulfonamides is 1. The fraction of sp³-hybridized carbons (Fsp3) is 0.440. The lowest BCUT2D eigenvalue weighted by atomic mass is 10.1. The van der Waals surface area contributed by atoms with Gasteiger partial charge < -0.3 is 10.2 Å². The Morgan fingerprint density at radius 2 is 1.77 bits per heavy atom. The Morgan fingerprint density at radius 1 is 1.14 bits per heavy atom. The molecule has 1 saturated carbocycles. The lowest BCUT2D eigenvalue weighted by molar-refractivity contribution is -0.139. The Hall–Kier alpha value is -2.65. The minimum atomic E-state index is -3.83. The predicted molar refractivity (Wildman–Crippen MR) is 135 cm³/mol. The standard InChI is InChI=1S/C25H31ClFN3O4S/c1-17-14-20(26)10-13-23(17)30(35(3,33)34)16-24(31)29(15-19-8-11-21(27)12-9-19)18(2)25(32)28-22-6-4-5-7-22/h8-14,18,22H,4-7,15-16H2,1-3H3,(H,28,32)/t18-/m1/s1. The maximum Gasteiger partial charge on any atom is 0.244 e. The molecule has 1 fully saturated rings. The van der Waals surface area contributed by atoms with Gasteiger partial charge in [0.05, 0.1) is 11.9 Å². The second-order valence-electron chi connectivity index (χ2n) is 9.01. The van der Waals surface area contributed by atoms with Gasteiger partial charge in [-0.1, -0.05) is 36.6 Å². The molecule has 7 nitrogen and oxygen atoms in total. The van der Waals surface area contributed by atoms with Crippen LogP contribution < -0.4 is 9.62 Å². The molecular formula is C25H31ClFN3O4S. The lowest BCUT2D eigenvalue weighted by Gasteiger charge is -2.32. The van der Waals surface area contributed by atoms with E-state index in [0.29, 0.717) is 21.8 Å². The highest BCUT2D eigenvalue weighted by molar-refractivity contribution is 7.92. The summed E-state index contributed by atoms with van der Waals surface area (Å²) in [7, 11) is -3.83. The van der Waals surface area contributed by atoms with E-state index in [2.05, 4.69) is 5.32 Å². The molecule has 0 radical (unpaired) electrons. The Balaban J connectivity index is 1.89. The first-order chi connectivity index (χ1) is 16.5. The Bertz CT molecular complexity index is 1170. The second-order valence-corrected chi connectivity index (χ2v) is 11.4. The summed E-state index contributed by atoms with van der Waals surface area (Å²) in [5.41, 5.74) is 1.54. The maximum atomic E-state index is 13.5. The zero-order valence-corrected chi connectivity index (χ0v) is 21.7. The van der Waals surface area contributed by atoms with Crippen LogP contribution in [0.25, 0.3) is 0 Å². The Kier molecular flexibility index (Phi) is 8.77. The van der Waals surface area contributed by atoms with Crippen LogP contribution in [-0.4, -0.2) is 50.0 Å². The molecule has 2 aromatic rings.